The molecular weight excluding hydrogens is 260 g/mol. The van der Waals surface area contributed by atoms with Crippen molar-refractivity contribution in [3.8, 4) is 0 Å². The van der Waals surface area contributed by atoms with E-state index in [0.717, 1.165) is 32.4 Å². The number of nitrogens with zero attached hydrogens (tertiary/aromatic N) is 1. The molecule has 0 aromatic rings. The number of carbonyl (C=O) groups is 2. The molecule has 0 aromatic carbocycles. The molecule has 1 atom stereocenters. The van der Waals surface area contributed by atoms with Crippen molar-refractivity contribution in [2.24, 2.45) is 5.41 Å². The monoisotopic (exact) mass is 280 g/mol. The highest BCUT2D eigenvalue weighted by atomic mass is 16.5. The van der Waals surface area contributed by atoms with Crippen molar-refractivity contribution >= 4 is 11.9 Å². The van der Waals surface area contributed by atoms with Gasteiger partial charge in [0.2, 0.25) is 5.91 Å². The highest BCUT2D eigenvalue weighted by molar-refractivity contribution is 5.89. The molecule has 0 aromatic heterocycles. The maximum Gasteiger partial charge on any atom is 0.334 e. The molecule has 1 aliphatic carbocycles. The smallest absolute Gasteiger partial charge is 0.334 e. The van der Waals surface area contributed by atoms with Crippen molar-refractivity contribution in [2.75, 3.05) is 32.8 Å². The first kappa shape index (κ1) is 13.6. The first-order valence-corrected chi connectivity index (χ1v) is 7.17. The van der Waals surface area contributed by atoms with Gasteiger partial charge in [0.1, 0.15) is 0 Å². The molecule has 110 valence electrons. The van der Waals surface area contributed by atoms with E-state index >= 15 is 0 Å². The van der Waals surface area contributed by atoms with Crippen LogP contribution < -0.4 is 5.32 Å². The van der Waals surface area contributed by atoms with Crippen LogP contribution in [0.15, 0.2) is 11.6 Å². The summed E-state index contributed by atoms with van der Waals surface area (Å²) in [5, 5.41) is 12.3. The molecule has 0 bridgehead atoms. The fourth-order valence-electron chi connectivity index (χ4n) is 3.14. The van der Waals surface area contributed by atoms with Crippen LogP contribution in [0.2, 0.25) is 0 Å². The standard InChI is InChI=1S/C14H20N2O4/c17-12(18)11-9-16(7-8-20-11)13(19)14(3-4-14)10-1-5-15-6-2-10/h1,11,15H,2-9H2,(H,17,18). The average Bonchev–Trinajstić information content (AvgIpc) is 3.29. The van der Waals surface area contributed by atoms with Crippen LogP contribution in [0.4, 0.5) is 0 Å². The van der Waals surface area contributed by atoms with Gasteiger partial charge in [-0.05, 0) is 25.8 Å². The zero-order valence-corrected chi connectivity index (χ0v) is 11.4. The molecule has 1 saturated carbocycles. The zero-order chi connectivity index (χ0) is 14.2. The van der Waals surface area contributed by atoms with Crippen molar-refractivity contribution in [2.45, 2.75) is 25.4 Å². The highest BCUT2D eigenvalue weighted by Gasteiger charge is 2.54. The second-order valence-corrected chi connectivity index (χ2v) is 5.71. The number of aliphatic carboxylic acids is 1. The zero-order valence-electron chi connectivity index (χ0n) is 11.4. The van der Waals surface area contributed by atoms with Crippen LogP contribution in [0.25, 0.3) is 0 Å². The van der Waals surface area contributed by atoms with Crippen molar-refractivity contribution in [1.82, 2.24) is 10.2 Å². The van der Waals surface area contributed by atoms with Gasteiger partial charge >= 0.3 is 5.97 Å². The molecule has 0 radical (unpaired) electrons. The van der Waals surface area contributed by atoms with Crippen molar-refractivity contribution < 1.29 is 19.4 Å². The number of amides is 1. The number of carboxylic acids is 1. The van der Waals surface area contributed by atoms with Crippen LogP contribution in [0.3, 0.4) is 0 Å². The van der Waals surface area contributed by atoms with Crippen LogP contribution in [0.1, 0.15) is 19.3 Å². The fourth-order valence-corrected chi connectivity index (χ4v) is 3.14. The lowest BCUT2D eigenvalue weighted by Crippen LogP contribution is -2.51. The summed E-state index contributed by atoms with van der Waals surface area (Å²) in [6.45, 7) is 2.71. The molecular formula is C14H20N2O4. The second-order valence-electron chi connectivity index (χ2n) is 5.71. The van der Waals surface area contributed by atoms with Gasteiger partial charge in [-0.2, -0.15) is 0 Å². The summed E-state index contributed by atoms with van der Waals surface area (Å²) in [4.78, 5) is 25.5. The van der Waals surface area contributed by atoms with Gasteiger partial charge in [-0.1, -0.05) is 11.6 Å². The molecule has 6 heteroatoms. The summed E-state index contributed by atoms with van der Waals surface area (Å²) in [7, 11) is 0. The van der Waals surface area contributed by atoms with Crippen molar-refractivity contribution in [1.29, 1.82) is 0 Å². The number of nitrogens with one attached hydrogen (secondary N) is 1. The molecule has 2 fully saturated rings. The van der Waals surface area contributed by atoms with E-state index in [1.165, 1.54) is 5.57 Å². The molecule has 6 nitrogen and oxygen atoms in total. The number of hydrogen-bond acceptors (Lipinski definition) is 4. The van der Waals surface area contributed by atoms with E-state index in [9.17, 15) is 9.59 Å². The molecule has 20 heavy (non-hydrogen) atoms. The lowest BCUT2D eigenvalue weighted by atomic mass is 9.89. The normalized spacial score (nSPS) is 28.7. The van der Waals surface area contributed by atoms with Crippen LogP contribution in [-0.2, 0) is 14.3 Å². The molecule has 0 spiro atoms. The van der Waals surface area contributed by atoms with Gasteiger partial charge < -0.3 is 20.1 Å². The van der Waals surface area contributed by atoms with E-state index in [1.54, 1.807) is 4.90 Å². The second kappa shape index (κ2) is 5.18. The third kappa shape index (κ3) is 2.33. The Bertz CT molecular complexity index is 456. The van der Waals surface area contributed by atoms with E-state index < -0.39 is 12.1 Å². The Kier molecular flexibility index (Phi) is 3.52. The maximum atomic E-state index is 12.8. The number of morpholine rings is 1. The third-order valence-corrected chi connectivity index (χ3v) is 4.47. The number of ether oxygens (including phenoxy) is 1. The Morgan fingerprint density at radius 1 is 1.45 bits per heavy atom. The van der Waals surface area contributed by atoms with Gasteiger partial charge in [-0.3, -0.25) is 4.79 Å². The Morgan fingerprint density at radius 3 is 2.85 bits per heavy atom. The lowest BCUT2D eigenvalue weighted by Gasteiger charge is -2.34. The molecule has 1 amide bonds. The van der Waals surface area contributed by atoms with Gasteiger partial charge in [0.05, 0.1) is 18.6 Å². The van der Waals surface area contributed by atoms with E-state index in [2.05, 4.69) is 11.4 Å². The number of carbonyl (C=O) groups excluding carboxylic acids is 1. The van der Waals surface area contributed by atoms with Crippen LogP contribution >= 0.6 is 0 Å². The van der Waals surface area contributed by atoms with Crippen molar-refractivity contribution in [3.05, 3.63) is 11.6 Å². The van der Waals surface area contributed by atoms with E-state index in [-0.39, 0.29) is 17.9 Å². The number of hydrogen-bond donors (Lipinski definition) is 2. The van der Waals surface area contributed by atoms with E-state index in [1.807, 2.05) is 0 Å². The molecule has 2 N–H and O–H groups in total. The molecule has 3 rings (SSSR count). The van der Waals surface area contributed by atoms with Crippen molar-refractivity contribution in [3.63, 3.8) is 0 Å². The summed E-state index contributed by atoms with van der Waals surface area (Å²) >= 11 is 0. The summed E-state index contributed by atoms with van der Waals surface area (Å²) in [5.74, 6) is -0.895. The summed E-state index contributed by atoms with van der Waals surface area (Å²) < 4.78 is 5.18. The molecule has 3 aliphatic rings. The maximum absolute atomic E-state index is 12.8. The molecule has 2 aliphatic heterocycles. The quantitative estimate of drug-likeness (QED) is 0.711. The van der Waals surface area contributed by atoms with E-state index in [4.69, 9.17) is 9.84 Å². The number of carboxylic acid groups (broad SMARTS) is 1. The van der Waals surface area contributed by atoms with Gasteiger partial charge in [0.25, 0.3) is 0 Å². The van der Waals surface area contributed by atoms with Gasteiger partial charge in [0.15, 0.2) is 6.10 Å². The summed E-state index contributed by atoms with van der Waals surface area (Å²) in [6, 6.07) is 0. The van der Waals surface area contributed by atoms with Gasteiger partial charge in [0, 0.05) is 13.1 Å². The predicted molar refractivity (Wildman–Crippen MR) is 71.2 cm³/mol. The first-order chi connectivity index (χ1) is 9.63. The Labute approximate surface area is 117 Å². The Hall–Kier alpha value is -1.40. The fraction of sp³-hybridized carbons (Fsp3) is 0.714. The first-order valence-electron chi connectivity index (χ1n) is 7.17. The largest absolute Gasteiger partial charge is 0.479 e. The summed E-state index contributed by atoms with van der Waals surface area (Å²) in [6.07, 6.45) is 3.95. The molecule has 1 saturated heterocycles. The predicted octanol–water partition coefficient (Wildman–Crippen LogP) is -0.00170. The Balaban J connectivity index is 1.72. The van der Waals surface area contributed by atoms with Crippen LogP contribution in [0.5, 0.6) is 0 Å². The lowest BCUT2D eigenvalue weighted by molar-refractivity contribution is -0.160. The van der Waals surface area contributed by atoms with E-state index in [0.29, 0.717) is 13.2 Å². The molecule has 1 unspecified atom stereocenters. The topological polar surface area (TPSA) is 78.9 Å². The third-order valence-electron chi connectivity index (χ3n) is 4.47. The molecule has 2 heterocycles. The van der Waals surface area contributed by atoms with Crippen LogP contribution in [-0.4, -0.2) is 60.8 Å². The van der Waals surface area contributed by atoms with Gasteiger partial charge in [-0.15, -0.1) is 0 Å². The van der Waals surface area contributed by atoms with Crippen LogP contribution in [0, 0.1) is 5.41 Å². The Morgan fingerprint density at radius 2 is 2.25 bits per heavy atom. The summed E-state index contributed by atoms with van der Waals surface area (Å²) in [5.41, 5.74) is 0.905. The van der Waals surface area contributed by atoms with Gasteiger partial charge in [-0.25, -0.2) is 4.79 Å². The SMILES string of the molecule is O=C(O)C1CN(C(=O)C2(C3=CCNCC3)CC2)CCO1. The minimum absolute atomic E-state index is 0.0974. The number of rotatable bonds is 3. The minimum Gasteiger partial charge on any atom is -0.479 e. The minimum atomic E-state index is -0.992. The average molecular weight is 280 g/mol. The highest BCUT2D eigenvalue weighted by Crippen LogP contribution is 2.54.